The van der Waals surface area contributed by atoms with Crippen LogP contribution in [-0.4, -0.2) is 34.6 Å². The van der Waals surface area contributed by atoms with Gasteiger partial charge < -0.3 is 21.1 Å². The summed E-state index contributed by atoms with van der Waals surface area (Å²) in [5, 5.41) is 12.7. The molecule has 0 fully saturated rings. The smallest absolute Gasteiger partial charge is 0.248 e. The highest BCUT2D eigenvalue weighted by molar-refractivity contribution is 5.84. The van der Waals surface area contributed by atoms with Crippen LogP contribution in [0.5, 0.6) is 0 Å². The van der Waals surface area contributed by atoms with Crippen molar-refractivity contribution in [2.75, 3.05) is 6.54 Å². The molecule has 1 heterocycles. The molecular formula is C14H17N3O3. The van der Waals surface area contributed by atoms with Crippen molar-refractivity contribution >= 4 is 22.7 Å². The van der Waals surface area contributed by atoms with Crippen LogP contribution in [0, 0.1) is 0 Å². The van der Waals surface area contributed by atoms with E-state index in [1.165, 1.54) is 0 Å². The Kier molecular flexibility index (Phi) is 4.37. The molecule has 0 aliphatic rings. The predicted octanol–water partition coefficient (Wildman–Crippen LogP) is 0.0629. The van der Waals surface area contributed by atoms with Gasteiger partial charge in [0.1, 0.15) is 6.10 Å². The Bertz CT molecular complexity index is 621. The first-order chi connectivity index (χ1) is 9.58. The number of fused-ring (bicyclic) bond motifs is 1. The van der Waals surface area contributed by atoms with Crippen LogP contribution in [0.15, 0.2) is 30.5 Å². The third kappa shape index (κ3) is 3.36. The van der Waals surface area contributed by atoms with Crippen molar-refractivity contribution < 1.29 is 14.7 Å². The molecule has 1 aromatic heterocycles. The standard InChI is InChI=1S/C14H17N3O3/c15-14(20)12(18)8-17-13(19)6-5-9-7-16-11-4-2-1-3-10(9)11/h1-4,7,12,16,18H,5-6,8H2,(H2,15,20)(H,17,19). The van der Waals surface area contributed by atoms with E-state index in [2.05, 4.69) is 10.3 Å². The topological polar surface area (TPSA) is 108 Å². The second-order valence-corrected chi connectivity index (χ2v) is 4.58. The number of nitrogens with two attached hydrogens (primary N) is 1. The molecule has 0 aliphatic carbocycles. The fourth-order valence-corrected chi connectivity index (χ4v) is 1.99. The Morgan fingerprint density at radius 3 is 2.85 bits per heavy atom. The SMILES string of the molecule is NC(=O)C(O)CNC(=O)CCc1c[nH]c2ccccc12. The summed E-state index contributed by atoms with van der Waals surface area (Å²) in [6.07, 6.45) is 1.42. The third-order valence-corrected chi connectivity index (χ3v) is 3.12. The average Bonchev–Trinajstić information content (AvgIpc) is 2.85. The number of H-pyrrole nitrogens is 1. The maximum absolute atomic E-state index is 11.6. The first-order valence-electron chi connectivity index (χ1n) is 6.37. The number of hydrogen-bond donors (Lipinski definition) is 4. The molecule has 2 amide bonds. The number of benzene rings is 1. The largest absolute Gasteiger partial charge is 0.381 e. The minimum atomic E-state index is -1.34. The summed E-state index contributed by atoms with van der Waals surface area (Å²) in [5.74, 6) is -1.07. The van der Waals surface area contributed by atoms with E-state index in [0.717, 1.165) is 16.5 Å². The van der Waals surface area contributed by atoms with Gasteiger partial charge in [0.25, 0.3) is 0 Å². The molecule has 5 N–H and O–H groups in total. The van der Waals surface area contributed by atoms with Crippen LogP contribution in [0.25, 0.3) is 10.9 Å². The van der Waals surface area contributed by atoms with Crippen molar-refractivity contribution in [1.29, 1.82) is 0 Å². The molecule has 0 saturated carbocycles. The van der Waals surface area contributed by atoms with E-state index in [9.17, 15) is 14.7 Å². The Morgan fingerprint density at radius 1 is 1.35 bits per heavy atom. The van der Waals surface area contributed by atoms with E-state index in [-0.39, 0.29) is 18.9 Å². The average molecular weight is 275 g/mol. The van der Waals surface area contributed by atoms with Gasteiger partial charge in [-0.2, -0.15) is 0 Å². The number of carbonyl (C=O) groups excluding carboxylic acids is 2. The molecular weight excluding hydrogens is 258 g/mol. The van der Waals surface area contributed by atoms with Crippen LogP contribution in [0.3, 0.4) is 0 Å². The van der Waals surface area contributed by atoms with Crippen molar-refractivity contribution in [3.63, 3.8) is 0 Å². The maximum Gasteiger partial charge on any atom is 0.248 e. The molecule has 0 aliphatic heterocycles. The normalized spacial score (nSPS) is 12.2. The Morgan fingerprint density at radius 2 is 2.10 bits per heavy atom. The minimum absolute atomic E-state index is 0.151. The summed E-state index contributed by atoms with van der Waals surface area (Å²) in [7, 11) is 0. The highest BCUT2D eigenvalue weighted by Gasteiger charge is 2.12. The van der Waals surface area contributed by atoms with Crippen molar-refractivity contribution in [2.45, 2.75) is 18.9 Å². The van der Waals surface area contributed by atoms with E-state index < -0.39 is 12.0 Å². The van der Waals surface area contributed by atoms with Crippen molar-refractivity contribution in [2.24, 2.45) is 5.73 Å². The zero-order valence-corrected chi connectivity index (χ0v) is 10.9. The number of carbonyl (C=O) groups is 2. The monoisotopic (exact) mass is 275 g/mol. The molecule has 0 bridgehead atoms. The number of aryl methyl sites for hydroxylation is 1. The quantitative estimate of drug-likeness (QED) is 0.598. The van der Waals surface area contributed by atoms with Crippen LogP contribution in [0.4, 0.5) is 0 Å². The van der Waals surface area contributed by atoms with Gasteiger partial charge >= 0.3 is 0 Å². The van der Waals surface area contributed by atoms with Crippen LogP contribution in [-0.2, 0) is 16.0 Å². The second-order valence-electron chi connectivity index (χ2n) is 4.58. The van der Waals surface area contributed by atoms with E-state index in [0.29, 0.717) is 6.42 Å². The fourth-order valence-electron chi connectivity index (χ4n) is 1.99. The lowest BCUT2D eigenvalue weighted by Gasteiger charge is -2.08. The lowest BCUT2D eigenvalue weighted by atomic mass is 10.1. The van der Waals surface area contributed by atoms with E-state index >= 15 is 0 Å². The zero-order chi connectivity index (χ0) is 14.5. The summed E-state index contributed by atoms with van der Waals surface area (Å²) < 4.78 is 0. The van der Waals surface area contributed by atoms with Crippen molar-refractivity contribution in [1.82, 2.24) is 10.3 Å². The summed E-state index contributed by atoms with van der Waals surface area (Å²) in [4.78, 5) is 25.4. The van der Waals surface area contributed by atoms with E-state index in [1.807, 2.05) is 30.5 Å². The molecule has 0 saturated heterocycles. The number of primary amides is 1. The minimum Gasteiger partial charge on any atom is -0.381 e. The number of aliphatic hydroxyl groups excluding tert-OH is 1. The molecule has 1 atom stereocenters. The van der Waals surface area contributed by atoms with Crippen LogP contribution in [0.1, 0.15) is 12.0 Å². The maximum atomic E-state index is 11.6. The number of hydrogen-bond acceptors (Lipinski definition) is 3. The fraction of sp³-hybridized carbons (Fsp3) is 0.286. The molecule has 6 heteroatoms. The van der Waals surface area contributed by atoms with Gasteiger partial charge in [-0.1, -0.05) is 18.2 Å². The number of aromatic amines is 1. The number of nitrogens with one attached hydrogen (secondary N) is 2. The third-order valence-electron chi connectivity index (χ3n) is 3.12. The van der Waals surface area contributed by atoms with Gasteiger partial charge in [0.15, 0.2) is 0 Å². The van der Waals surface area contributed by atoms with Gasteiger partial charge in [0.05, 0.1) is 6.54 Å². The lowest BCUT2D eigenvalue weighted by molar-refractivity contribution is -0.127. The number of aromatic nitrogens is 1. The highest BCUT2D eigenvalue weighted by Crippen LogP contribution is 2.18. The number of amides is 2. The van der Waals surface area contributed by atoms with Gasteiger partial charge in [-0.3, -0.25) is 9.59 Å². The lowest BCUT2D eigenvalue weighted by Crippen LogP contribution is -2.40. The predicted molar refractivity (Wildman–Crippen MR) is 74.8 cm³/mol. The molecule has 0 spiro atoms. The number of aliphatic hydroxyl groups is 1. The second kappa shape index (κ2) is 6.21. The van der Waals surface area contributed by atoms with E-state index in [4.69, 9.17) is 5.73 Å². The first kappa shape index (κ1) is 14.1. The molecule has 2 aromatic rings. The number of rotatable bonds is 6. The van der Waals surface area contributed by atoms with Gasteiger partial charge in [-0.05, 0) is 18.1 Å². The van der Waals surface area contributed by atoms with Crippen molar-refractivity contribution in [3.8, 4) is 0 Å². The molecule has 6 nitrogen and oxygen atoms in total. The molecule has 1 unspecified atom stereocenters. The first-order valence-corrected chi connectivity index (χ1v) is 6.37. The van der Waals surface area contributed by atoms with Gasteiger partial charge in [0.2, 0.25) is 11.8 Å². The number of para-hydroxylation sites is 1. The molecule has 0 radical (unpaired) electrons. The van der Waals surface area contributed by atoms with Gasteiger partial charge in [0, 0.05) is 23.5 Å². The summed E-state index contributed by atoms with van der Waals surface area (Å²) in [5.41, 5.74) is 6.99. The molecule has 1 aromatic carbocycles. The van der Waals surface area contributed by atoms with Gasteiger partial charge in [-0.25, -0.2) is 0 Å². The molecule has 20 heavy (non-hydrogen) atoms. The zero-order valence-electron chi connectivity index (χ0n) is 10.9. The van der Waals surface area contributed by atoms with Crippen LogP contribution in [0.2, 0.25) is 0 Å². The summed E-state index contributed by atoms with van der Waals surface area (Å²) in [6.45, 7) is -0.151. The Balaban J connectivity index is 1.86. The van der Waals surface area contributed by atoms with Crippen molar-refractivity contribution in [3.05, 3.63) is 36.0 Å². The molecule has 106 valence electrons. The highest BCUT2D eigenvalue weighted by atomic mass is 16.3. The Hall–Kier alpha value is -2.34. The van der Waals surface area contributed by atoms with E-state index in [1.54, 1.807) is 0 Å². The molecule has 2 rings (SSSR count). The van der Waals surface area contributed by atoms with Gasteiger partial charge in [-0.15, -0.1) is 0 Å². The van der Waals surface area contributed by atoms with Crippen LogP contribution < -0.4 is 11.1 Å². The Labute approximate surface area is 116 Å². The summed E-state index contributed by atoms with van der Waals surface area (Å²) in [6, 6.07) is 7.86. The summed E-state index contributed by atoms with van der Waals surface area (Å²) >= 11 is 0. The van der Waals surface area contributed by atoms with Crippen LogP contribution >= 0.6 is 0 Å².